The van der Waals surface area contributed by atoms with Gasteiger partial charge in [-0.2, -0.15) is 5.26 Å². The molecule has 1 saturated heterocycles. The van der Waals surface area contributed by atoms with Gasteiger partial charge in [0.2, 0.25) is 0 Å². The minimum absolute atomic E-state index is 0.0195. The maximum Gasteiger partial charge on any atom is 0.150 e. The molecule has 1 fully saturated rings. The van der Waals surface area contributed by atoms with Crippen LogP contribution in [0.1, 0.15) is 18.4 Å². The number of nitrogens with one attached hydrogen (secondary N) is 1. The van der Waals surface area contributed by atoms with Gasteiger partial charge >= 0.3 is 0 Å². The summed E-state index contributed by atoms with van der Waals surface area (Å²) in [6.07, 6.45) is 1.04. The van der Waals surface area contributed by atoms with E-state index in [1.54, 1.807) is 0 Å². The van der Waals surface area contributed by atoms with E-state index in [-0.39, 0.29) is 23.1 Å². The van der Waals surface area contributed by atoms with Gasteiger partial charge in [-0.25, -0.2) is 12.8 Å². The second kappa shape index (κ2) is 4.94. The second-order valence-electron chi connectivity index (χ2n) is 4.37. The Hall–Kier alpha value is -1.61. The molecule has 4 nitrogen and oxygen atoms in total. The monoisotopic (exact) mass is 268 g/mol. The lowest BCUT2D eigenvalue weighted by Gasteiger charge is -2.24. The Morgan fingerprint density at radius 2 is 2.00 bits per heavy atom. The van der Waals surface area contributed by atoms with Crippen molar-refractivity contribution in [2.75, 3.05) is 16.8 Å². The Balaban J connectivity index is 2.09. The molecule has 0 unspecified atom stereocenters. The van der Waals surface area contributed by atoms with Crippen molar-refractivity contribution in [1.82, 2.24) is 0 Å². The van der Waals surface area contributed by atoms with Gasteiger partial charge in [-0.3, -0.25) is 0 Å². The molecule has 6 heteroatoms. The highest BCUT2D eigenvalue weighted by Gasteiger charge is 2.23. The van der Waals surface area contributed by atoms with Crippen molar-refractivity contribution in [3.05, 3.63) is 29.6 Å². The molecule has 0 aromatic heterocycles. The lowest BCUT2D eigenvalue weighted by molar-refractivity contribution is 0.559. The van der Waals surface area contributed by atoms with Crippen LogP contribution in [-0.2, 0) is 9.84 Å². The van der Waals surface area contributed by atoms with Crippen molar-refractivity contribution in [1.29, 1.82) is 5.26 Å². The Morgan fingerprint density at radius 1 is 1.33 bits per heavy atom. The molecule has 1 aromatic carbocycles. The minimum Gasteiger partial charge on any atom is -0.381 e. The zero-order chi connectivity index (χ0) is 13.2. The van der Waals surface area contributed by atoms with E-state index in [1.165, 1.54) is 18.2 Å². The molecule has 1 N–H and O–H groups in total. The van der Waals surface area contributed by atoms with Crippen molar-refractivity contribution >= 4 is 15.5 Å². The summed E-state index contributed by atoms with van der Waals surface area (Å²) >= 11 is 0. The van der Waals surface area contributed by atoms with Gasteiger partial charge < -0.3 is 5.32 Å². The van der Waals surface area contributed by atoms with E-state index in [4.69, 9.17) is 5.26 Å². The van der Waals surface area contributed by atoms with E-state index in [0.717, 1.165) is 0 Å². The fourth-order valence-corrected chi connectivity index (χ4v) is 3.48. The Morgan fingerprint density at radius 3 is 2.61 bits per heavy atom. The predicted molar refractivity (Wildman–Crippen MR) is 66.4 cm³/mol. The molecule has 0 atom stereocenters. The van der Waals surface area contributed by atoms with E-state index in [0.29, 0.717) is 18.5 Å². The predicted octanol–water partition coefficient (Wildman–Crippen LogP) is 1.69. The number of sulfone groups is 1. The highest BCUT2D eigenvalue weighted by molar-refractivity contribution is 7.91. The number of benzene rings is 1. The lowest BCUT2D eigenvalue weighted by Crippen LogP contribution is -2.32. The van der Waals surface area contributed by atoms with E-state index in [2.05, 4.69) is 5.32 Å². The van der Waals surface area contributed by atoms with Crippen LogP contribution in [0.5, 0.6) is 0 Å². The molecule has 0 saturated carbocycles. The fraction of sp³-hybridized carbons (Fsp3) is 0.417. The van der Waals surface area contributed by atoms with E-state index in [9.17, 15) is 12.8 Å². The summed E-state index contributed by atoms with van der Waals surface area (Å²) in [6, 6.07) is 5.90. The van der Waals surface area contributed by atoms with Crippen molar-refractivity contribution in [3.63, 3.8) is 0 Å². The average molecular weight is 268 g/mol. The largest absolute Gasteiger partial charge is 0.381 e. The van der Waals surface area contributed by atoms with Gasteiger partial charge in [0.1, 0.15) is 21.7 Å². The third kappa shape index (κ3) is 2.99. The van der Waals surface area contributed by atoms with Gasteiger partial charge in [-0.15, -0.1) is 0 Å². The molecule has 2 rings (SSSR count). The van der Waals surface area contributed by atoms with Crippen molar-refractivity contribution < 1.29 is 12.8 Å². The topological polar surface area (TPSA) is 70.0 Å². The quantitative estimate of drug-likeness (QED) is 0.886. The molecular formula is C12H13FN2O2S. The number of nitrogens with zero attached hydrogens (tertiary/aromatic N) is 1. The van der Waals surface area contributed by atoms with Gasteiger partial charge in [-0.05, 0) is 31.0 Å². The van der Waals surface area contributed by atoms with Crippen molar-refractivity contribution in [2.45, 2.75) is 18.9 Å². The van der Waals surface area contributed by atoms with Crippen molar-refractivity contribution in [2.24, 2.45) is 0 Å². The van der Waals surface area contributed by atoms with Crippen LogP contribution in [0.15, 0.2) is 18.2 Å². The summed E-state index contributed by atoms with van der Waals surface area (Å²) < 4.78 is 35.5. The Bertz CT molecular complexity index is 579. The highest BCUT2D eigenvalue weighted by atomic mass is 32.2. The zero-order valence-electron chi connectivity index (χ0n) is 9.69. The summed E-state index contributed by atoms with van der Waals surface area (Å²) in [6.45, 7) is 0. The highest BCUT2D eigenvalue weighted by Crippen LogP contribution is 2.21. The van der Waals surface area contributed by atoms with Crippen LogP contribution in [0.4, 0.5) is 10.1 Å². The molecule has 1 aliphatic heterocycles. The van der Waals surface area contributed by atoms with Gasteiger partial charge in [0.25, 0.3) is 0 Å². The first-order valence-electron chi connectivity index (χ1n) is 5.67. The molecule has 1 aliphatic rings. The summed E-state index contributed by atoms with van der Waals surface area (Å²) in [5, 5.41) is 12.0. The standard InChI is InChI=1S/C12H13FN2O2S/c13-10-1-2-12(9(7-10)8-14)15-11-3-5-18(16,17)6-4-11/h1-2,7,11,15H,3-6H2. The van der Waals surface area contributed by atoms with Crippen molar-refractivity contribution in [3.8, 4) is 6.07 Å². The average Bonchev–Trinajstić information content (AvgIpc) is 2.34. The van der Waals surface area contributed by atoms with E-state index >= 15 is 0 Å². The molecule has 0 amide bonds. The maximum atomic E-state index is 13.0. The van der Waals surface area contributed by atoms with E-state index in [1.807, 2.05) is 6.07 Å². The van der Waals surface area contributed by atoms with Gasteiger partial charge in [0, 0.05) is 6.04 Å². The molecule has 96 valence electrons. The summed E-state index contributed by atoms with van der Waals surface area (Å²) in [5.74, 6) is -0.134. The van der Waals surface area contributed by atoms with Crippen LogP contribution in [0.25, 0.3) is 0 Å². The minimum atomic E-state index is -2.90. The van der Waals surface area contributed by atoms with Gasteiger partial charge in [0.05, 0.1) is 22.8 Å². The molecular weight excluding hydrogens is 255 g/mol. The van der Waals surface area contributed by atoms with Crippen LogP contribution in [0.2, 0.25) is 0 Å². The molecule has 1 heterocycles. The van der Waals surface area contributed by atoms with Crippen LogP contribution < -0.4 is 5.32 Å². The molecule has 18 heavy (non-hydrogen) atoms. The second-order valence-corrected chi connectivity index (χ2v) is 6.68. The van der Waals surface area contributed by atoms with Crippen LogP contribution >= 0.6 is 0 Å². The van der Waals surface area contributed by atoms with Gasteiger partial charge in [-0.1, -0.05) is 0 Å². The third-order valence-corrected chi connectivity index (χ3v) is 4.73. The number of hydrogen-bond acceptors (Lipinski definition) is 4. The smallest absolute Gasteiger partial charge is 0.150 e. The zero-order valence-corrected chi connectivity index (χ0v) is 10.5. The maximum absolute atomic E-state index is 13.0. The van der Waals surface area contributed by atoms with Crippen LogP contribution in [0.3, 0.4) is 0 Å². The first-order chi connectivity index (χ1) is 8.50. The summed E-state index contributed by atoms with van der Waals surface area (Å²) in [5.41, 5.74) is 0.798. The number of hydrogen-bond donors (Lipinski definition) is 1. The van der Waals surface area contributed by atoms with Crippen LogP contribution in [-0.4, -0.2) is 26.0 Å². The molecule has 0 aliphatic carbocycles. The van der Waals surface area contributed by atoms with E-state index < -0.39 is 15.7 Å². The first kappa shape index (κ1) is 12.8. The van der Waals surface area contributed by atoms with Gasteiger partial charge in [0.15, 0.2) is 0 Å². The Kier molecular flexibility index (Phi) is 3.53. The first-order valence-corrected chi connectivity index (χ1v) is 7.49. The third-order valence-electron chi connectivity index (χ3n) is 3.02. The SMILES string of the molecule is N#Cc1cc(F)ccc1NC1CCS(=O)(=O)CC1. The Labute approximate surface area is 105 Å². The summed E-state index contributed by atoms with van der Waals surface area (Å²) in [4.78, 5) is 0. The molecule has 0 bridgehead atoms. The fourth-order valence-electron chi connectivity index (χ4n) is 1.99. The lowest BCUT2D eigenvalue weighted by atomic mass is 10.1. The number of halogens is 1. The number of anilines is 1. The van der Waals surface area contributed by atoms with Crippen LogP contribution in [0, 0.1) is 17.1 Å². The number of rotatable bonds is 2. The molecule has 0 radical (unpaired) electrons. The molecule has 0 spiro atoms. The normalized spacial score (nSPS) is 19.1. The molecule has 1 aromatic rings. The summed E-state index contributed by atoms with van der Waals surface area (Å²) in [7, 11) is -2.90. The number of nitriles is 1.